The third-order valence-corrected chi connectivity index (χ3v) is 3.72. The van der Waals surface area contributed by atoms with Crippen LogP contribution in [0.15, 0.2) is 72.8 Å². The molecule has 0 aliphatic rings. The molecule has 25 heavy (non-hydrogen) atoms. The van der Waals surface area contributed by atoms with Gasteiger partial charge in [0.2, 0.25) is 0 Å². The van der Waals surface area contributed by atoms with Crippen molar-refractivity contribution < 1.29 is 14.3 Å². The molecule has 0 saturated heterocycles. The number of rotatable bonds is 5. The maximum absolute atomic E-state index is 12.5. The molecule has 0 aromatic heterocycles. The number of amides is 1. The van der Waals surface area contributed by atoms with Gasteiger partial charge in [0, 0.05) is 5.56 Å². The van der Waals surface area contributed by atoms with Gasteiger partial charge in [-0.05, 0) is 49.4 Å². The molecule has 0 saturated carbocycles. The van der Waals surface area contributed by atoms with Gasteiger partial charge in [-0.25, -0.2) is 0 Å². The summed E-state index contributed by atoms with van der Waals surface area (Å²) in [5, 5.41) is 2.89. The number of carbonyl (C=O) groups is 1. The van der Waals surface area contributed by atoms with Crippen molar-refractivity contribution in [3.8, 4) is 17.2 Å². The Kier molecular flexibility index (Phi) is 5.00. The monoisotopic (exact) mass is 333 g/mol. The minimum atomic E-state index is -0.223. The normalized spacial score (nSPS) is 10.2. The lowest BCUT2D eigenvalue weighted by molar-refractivity contribution is 0.102. The lowest BCUT2D eigenvalue weighted by atomic mass is 10.2. The molecule has 0 unspecified atom stereocenters. The molecule has 1 N–H and O–H groups in total. The second-order valence-corrected chi connectivity index (χ2v) is 5.60. The highest BCUT2D eigenvalue weighted by molar-refractivity contribution is 6.05. The molecule has 0 radical (unpaired) electrons. The number of para-hydroxylation sites is 2. The summed E-state index contributed by atoms with van der Waals surface area (Å²) in [6.07, 6.45) is 0. The van der Waals surface area contributed by atoms with Gasteiger partial charge in [0.25, 0.3) is 5.91 Å². The van der Waals surface area contributed by atoms with Crippen molar-refractivity contribution in [2.45, 2.75) is 6.92 Å². The molecule has 126 valence electrons. The molecule has 4 nitrogen and oxygen atoms in total. The number of carbonyl (C=O) groups excluding carboxylic acids is 1. The molecule has 3 aromatic rings. The molecule has 0 spiro atoms. The highest BCUT2D eigenvalue weighted by Gasteiger charge is 2.11. The number of hydrogen-bond donors (Lipinski definition) is 1. The van der Waals surface area contributed by atoms with Crippen LogP contribution < -0.4 is 14.8 Å². The second kappa shape index (κ2) is 7.53. The summed E-state index contributed by atoms with van der Waals surface area (Å²) in [5.41, 5.74) is 2.28. The Labute approximate surface area is 147 Å². The molecule has 0 bridgehead atoms. The number of anilines is 1. The van der Waals surface area contributed by atoms with E-state index in [1.807, 2.05) is 55.5 Å². The van der Waals surface area contributed by atoms with Crippen molar-refractivity contribution in [3.63, 3.8) is 0 Å². The van der Waals surface area contributed by atoms with E-state index in [0.29, 0.717) is 28.5 Å². The highest BCUT2D eigenvalue weighted by Crippen LogP contribution is 2.30. The van der Waals surface area contributed by atoms with Crippen LogP contribution in [0.3, 0.4) is 0 Å². The highest BCUT2D eigenvalue weighted by atomic mass is 16.5. The summed E-state index contributed by atoms with van der Waals surface area (Å²) in [5.74, 6) is 1.71. The first-order chi connectivity index (χ1) is 12.2. The molecular formula is C21H19NO3. The molecule has 3 rings (SSSR count). The van der Waals surface area contributed by atoms with Crippen LogP contribution in [0.25, 0.3) is 0 Å². The van der Waals surface area contributed by atoms with Gasteiger partial charge in [0.05, 0.1) is 12.8 Å². The summed E-state index contributed by atoms with van der Waals surface area (Å²) >= 11 is 0. The molecule has 3 aromatic carbocycles. The second-order valence-electron chi connectivity index (χ2n) is 5.60. The molecule has 0 heterocycles. The molecule has 0 atom stereocenters. The maximum atomic E-state index is 12.5. The number of hydrogen-bond acceptors (Lipinski definition) is 3. The fourth-order valence-corrected chi connectivity index (χ4v) is 2.35. The average Bonchev–Trinajstić information content (AvgIpc) is 2.65. The van der Waals surface area contributed by atoms with E-state index in [9.17, 15) is 4.79 Å². The van der Waals surface area contributed by atoms with Gasteiger partial charge in [-0.15, -0.1) is 0 Å². The zero-order chi connectivity index (χ0) is 17.6. The van der Waals surface area contributed by atoms with Crippen molar-refractivity contribution in [2.75, 3.05) is 12.4 Å². The zero-order valence-electron chi connectivity index (χ0n) is 14.2. The minimum Gasteiger partial charge on any atom is -0.497 e. The summed E-state index contributed by atoms with van der Waals surface area (Å²) in [6, 6.07) is 22.1. The smallest absolute Gasteiger partial charge is 0.255 e. The van der Waals surface area contributed by atoms with Gasteiger partial charge in [-0.2, -0.15) is 0 Å². The molecule has 1 amide bonds. The Morgan fingerprint density at radius 2 is 1.64 bits per heavy atom. The largest absolute Gasteiger partial charge is 0.497 e. The van der Waals surface area contributed by atoms with Crippen molar-refractivity contribution in [1.82, 2.24) is 0 Å². The Morgan fingerprint density at radius 3 is 2.40 bits per heavy atom. The number of ether oxygens (including phenoxy) is 2. The first kappa shape index (κ1) is 16.6. The van der Waals surface area contributed by atoms with Gasteiger partial charge in [0.15, 0.2) is 5.75 Å². The number of aryl methyl sites for hydroxylation is 1. The van der Waals surface area contributed by atoms with E-state index in [2.05, 4.69) is 5.32 Å². The Hall–Kier alpha value is -3.27. The topological polar surface area (TPSA) is 47.6 Å². The first-order valence-corrected chi connectivity index (χ1v) is 7.94. The lowest BCUT2D eigenvalue weighted by Crippen LogP contribution is -2.12. The molecule has 0 aliphatic heterocycles. The van der Waals surface area contributed by atoms with Crippen molar-refractivity contribution in [2.24, 2.45) is 0 Å². The fraction of sp³-hybridized carbons (Fsp3) is 0.0952. The van der Waals surface area contributed by atoms with Crippen molar-refractivity contribution >= 4 is 11.6 Å². The molecule has 0 fully saturated rings. The Bertz CT molecular complexity index is 872. The maximum Gasteiger partial charge on any atom is 0.255 e. The minimum absolute atomic E-state index is 0.223. The summed E-state index contributed by atoms with van der Waals surface area (Å²) in [7, 11) is 1.57. The van der Waals surface area contributed by atoms with Crippen LogP contribution in [0.4, 0.5) is 5.69 Å². The van der Waals surface area contributed by atoms with Crippen LogP contribution >= 0.6 is 0 Å². The van der Waals surface area contributed by atoms with Gasteiger partial charge in [-0.3, -0.25) is 4.79 Å². The third kappa shape index (κ3) is 4.18. The van der Waals surface area contributed by atoms with Crippen LogP contribution in [0.1, 0.15) is 15.9 Å². The standard InChI is InChI=1S/C21H19NO3/c1-15-10-12-17(13-11-15)25-20-9-4-3-8-19(20)22-21(23)16-6-5-7-18(14-16)24-2/h3-14H,1-2H3,(H,22,23). The Morgan fingerprint density at radius 1 is 0.880 bits per heavy atom. The van der Waals surface area contributed by atoms with Crippen molar-refractivity contribution in [3.05, 3.63) is 83.9 Å². The summed E-state index contributed by atoms with van der Waals surface area (Å²) in [4.78, 5) is 12.5. The van der Waals surface area contributed by atoms with Crippen molar-refractivity contribution in [1.29, 1.82) is 0 Å². The Balaban J connectivity index is 1.80. The van der Waals surface area contributed by atoms with Gasteiger partial charge >= 0.3 is 0 Å². The third-order valence-electron chi connectivity index (χ3n) is 3.72. The molecule has 0 aliphatic carbocycles. The van der Waals surface area contributed by atoms with Crippen LogP contribution in [-0.2, 0) is 0 Å². The van der Waals surface area contributed by atoms with Crippen LogP contribution in [0.5, 0.6) is 17.2 Å². The van der Waals surface area contributed by atoms with Crippen LogP contribution in [-0.4, -0.2) is 13.0 Å². The van der Waals surface area contributed by atoms with E-state index >= 15 is 0 Å². The predicted octanol–water partition coefficient (Wildman–Crippen LogP) is 5.05. The van der Waals surface area contributed by atoms with Crippen LogP contribution in [0, 0.1) is 6.92 Å². The molecular weight excluding hydrogens is 314 g/mol. The van der Waals surface area contributed by atoms with E-state index in [0.717, 1.165) is 5.56 Å². The zero-order valence-corrected chi connectivity index (χ0v) is 14.2. The van der Waals surface area contributed by atoms with E-state index in [-0.39, 0.29) is 5.91 Å². The van der Waals surface area contributed by atoms with E-state index in [1.54, 1.807) is 31.4 Å². The van der Waals surface area contributed by atoms with Gasteiger partial charge < -0.3 is 14.8 Å². The SMILES string of the molecule is COc1cccc(C(=O)Nc2ccccc2Oc2ccc(C)cc2)c1. The average molecular weight is 333 g/mol. The van der Waals surface area contributed by atoms with E-state index in [4.69, 9.17) is 9.47 Å². The molecule has 4 heteroatoms. The number of methoxy groups -OCH3 is 1. The van der Waals surface area contributed by atoms with Gasteiger partial charge in [-0.1, -0.05) is 35.9 Å². The first-order valence-electron chi connectivity index (χ1n) is 7.94. The lowest BCUT2D eigenvalue weighted by Gasteiger charge is -2.12. The van der Waals surface area contributed by atoms with Gasteiger partial charge in [0.1, 0.15) is 11.5 Å². The summed E-state index contributed by atoms with van der Waals surface area (Å²) < 4.78 is 11.1. The van der Waals surface area contributed by atoms with E-state index < -0.39 is 0 Å². The quantitative estimate of drug-likeness (QED) is 0.711. The number of nitrogens with one attached hydrogen (secondary N) is 1. The van der Waals surface area contributed by atoms with Crippen LogP contribution in [0.2, 0.25) is 0 Å². The number of benzene rings is 3. The fourth-order valence-electron chi connectivity index (χ4n) is 2.35. The van der Waals surface area contributed by atoms with E-state index in [1.165, 1.54) is 0 Å². The predicted molar refractivity (Wildman–Crippen MR) is 98.6 cm³/mol. The summed E-state index contributed by atoms with van der Waals surface area (Å²) in [6.45, 7) is 2.02.